The molecule has 0 radical (unpaired) electrons. The summed E-state index contributed by atoms with van der Waals surface area (Å²) >= 11 is 13.8. The van der Waals surface area contributed by atoms with Crippen molar-refractivity contribution >= 4 is 46.1 Å². The molecule has 0 amide bonds. The van der Waals surface area contributed by atoms with Gasteiger partial charge in [-0.3, -0.25) is 4.74 Å². The van der Waals surface area contributed by atoms with Crippen LogP contribution in [0, 0.1) is 6.92 Å². The summed E-state index contributed by atoms with van der Waals surface area (Å²) in [4.78, 5) is 4.25. The monoisotopic (exact) mass is 453 g/mol. The normalized spacial score (nSPS) is 12.1. The second kappa shape index (κ2) is 8.81. The number of ether oxygens (including phenoxy) is 1. The lowest BCUT2D eigenvalue weighted by molar-refractivity contribution is -0.324. The highest BCUT2D eigenvalue weighted by atomic mass is 35.5. The van der Waals surface area contributed by atoms with Gasteiger partial charge in [0.15, 0.2) is 5.82 Å². The molecule has 0 aliphatic carbocycles. The van der Waals surface area contributed by atoms with Crippen LogP contribution in [0.15, 0.2) is 11.4 Å². The summed E-state index contributed by atoms with van der Waals surface area (Å²) in [5.41, 5.74) is 3.17. The summed E-state index contributed by atoms with van der Waals surface area (Å²) in [6.07, 6.45) is -3.39. The van der Waals surface area contributed by atoms with E-state index in [0.29, 0.717) is 35.9 Å². The first-order chi connectivity index (χ1) is 13.3. The Labute approximate surface area is 172 Å². The predicted octanol–water partition coefficient (Wildman–Crippen LogP) is 5.27. The fraction of sp³-hybridized carbons (Fsp3) is 0.438. The molecule has 0 unspecified atom stereocenters. The molecule has 0 aliphatic heterocycles. The van der Waals surface area contributed by atoms with Crippen LogP contribution in [0.25, 0.3) is 5.52 Å². The molecule has 0 atom stereocenters. The number of hydrogen-bond acceptors (Lipinski definition) is 6. The zero-order valence-electron chi connectivity index (χ0n) is 14.7. The lowest BCUT2D eigenvalue weighted by Crippen LogP contribution is -2.14. The average Bonchev–Trinajstić information content (AvgIpc) is 3.21. The summed E-state index contributed by atoms with van der Waals surface area (Å²) in [7, 11) is 0. The van der Waals surface area contributed by atoms with Crippen molar-refractivity contribution in [2.75, 3.05) is 11.9 Å². The molecule has 28 heavy (non-hydrogen) atoms. The summed E-state index contributed by atoms with van der Waals surface area (Å²) in [5.74, 6) is 0.513. The van der Waals surface area contributed by atoms with Gasteiger partial charge in [-0.05, 0) is 66.5 Å². The van der Waals surface area contributed by atoms with Crippen molar-refractivity contribution in [2.45, 2.75) is 39.1 Å². The van der Waals surface area contributed by atoms with Crippen molar-refractivity contribution in [3.05, 3.63) is 38.7 Å². The van der Waals surface area contributed by atoms with E-state index in [4.69, 9.17) is 23.2 Å². The third kappa shape index (κ3) is 5.05. The van der Waals surface area contributed by atoms with Crippen LogP contribution in [0.3, 0.4) is 0 Å². The van der Waals surface area contributed by atoms with Crippen LogP contribution >= 0.6 is 34.7 Å². The number of unbranched alkanes of at least 4 members (excludes halogenated alkanes) is 1. The number of halogens is 5. The summed E-state index contributed by atoms with van der Waals surface area (Å²) in [5, 5.41) is 9.60. The highest BCUT2D eigenvalue weighted by molar-refractivity contribution is 7.03. The molecule has 0 saturated carbocycles. The Hall–Kier alpha value is -1.62. The molecular weight excluding hydrogens is 438 g/mol. The van der Waals surface area contributed by atoms with E-state index in [0.717, 1.165) is 16.8 Å². The first kappa shape index (κ1) is 21.1. The van der Waals surface area contributed by atoms with E-state index in [1.165, 1.54) is 16.0 Å². The molecule has 6 nitrogen and oxygen atoms in total. The Morgan fingerprint density at radius 1 is 1.29 bits per heavy atom. The standard InChI is InChI=1S/C16H16Cl2F3N5OS/c1-9-11(4-2-3-6-27-16(19,20)21)13(17)26-12(9)14(23-15(18)24-26)22-8-10-5-7-28-25-10/h5,7H,2-4,6,8H2,1H3,(H,22,23,24). The summed E-state index contributed by atoms with van der Waals surface area (Å²) in [6, 6.07) is 1.89. The minimum atomic E-state index is -4.61. The van der Waals surface area contributed by atoms with Crippen molar-refractivity contribution in [3.8, 4) is 0 Å². The molecular formula is C16H16Cl2F3N5OS. The topological polar surface area (TPSA) is 64.3 Å². The largest absolute Gasteiger partial charge is 0.522 e. The van der Waals surface area contributed by atoms with Gasteiger partial charge in [-0.2, -0.15) is 9.36 Å². The minimum Gasteiger partial charge on any atom is -0.362 e. The molecule has 1 N–H and O–H groups in total. The SMILES string of the molecule is Cc1c(CCCCOC(F)(F)F)c(Cl)n2nc(Cl)nc(NCc3ccsn3)c12. The molecule has 0 aliphatic rings. The zero-order valence-corrected chi connectivity index (χ0v) is 17.0. The van der Waals surface area contributed by atoms with Gasteiger partial charge in [0, 0.05) is 5.38 Å². The first-order valence-corrected chi connectivity index (χ1v) is 9.92. The number of hydrogen-bond donors (Lipinski definition) is 1. The molecule has 12 heteroatoms. The third-order valence-electron chi connectivity index (χ3n) is 4.08. The van der Waals surface area contributed by atoms with Gasteiger partial charge in [0.05, 0.1) is 18.8 Å². The van der Waals surface area contributed by atoms with Crippen LogP contribution in [0.5, 0.6) is 0 Å². The lowest BCUT2D eigenvalue weighted by atomic mass is 10.1. The number of aryl methyl sites for hydroxylation is 1. The number of anilines is 1. The van der Waals surface area contributed by atoms with Gasteiger partial charge in [0.2, 0.25) is 5.28 Å². The Morgan fingerprint density at radius 3 is 2.75 bits per heavy atom. The van der Waals surface area contributed by atoms with Crippen LogP contribution in [-0.2, 0) is 17.7 Å². The Kier molecular flexibility index (Phi) is 6.64. The fourth-order valence-corrected chi connectivity index (χ4v) is 3.87. The summed E-state index contributed by atoms with van der Waals surface area (Å²) in [6.45, 7) is 1.94. The highest BCUT2D eigenvalue weighted by Crippen LogP contribution is 2.32. The molecule has 3 aromatic rings. The molecule has 0 aromatic carbocycles. The number of nitrogens with zero attached hydrogens (tertiary/aromatic N) is 4. The van der Waals surface area contributed by atoms with Gasteiger partial charge in [-0.25, -0.2) is 4.52 Å². The molecule has 3 rings (SSSR count). The van der Waals surface area contributed by atoms with Gasteiger partial charge >= 0.3 is 6.36 Å². The maximum absolute atomic E-state index is 12.0. The van der Waals surface area contributed by atoms with Crippen LogP contribution in [0.2, 0.25) is 10.4 Å². The van der Waals surface area contributed by atoms with Crippen LogP contribution in [0.1, 0.15) is 29.7 Å². The second-order valence-corrected chi connectivity index (χ2v) is 7.34. The van der Waals surface area contributed by atoms with Gasteiger partial charge in [0.1, 0.15) is 10.7 Å². The fourth-order valence-electron chi connectivity index (χ4n) is 2.81. The number of nitrogens with one attached hydrogen (secondary N) is 1. The maximum Gasteiger partial charge on any atom is 0.522 e. The Morgan fingerprint density at radius 2 is 2.07 bits per heavy atom. The highest BCUT2D eigenvalue weighted by Gasteiger charge is 2.28. The third-order valence-corrected chi connectivity index (χ3v) is 5.23. The van der Waals surface area contributed by atoms with E-state index in [1.807, 2.05) is 18.4 Å². The van der Waals surface area contributed by atoms with Gasteiger partial charge in [-0.1, -0.05) is 11.6 Å². The number of aromatic nitrogens is 4. The van der Waals surface area contributed by atoms with E-state index in [2.05, 4.69) is 24.5 Å². The molecule has 152 valence electrons. The molecule has 0 bridgehead atoms. The number of alkyl halides is 3. The van der Waals surface area contributed by atoms with Crippen molar-refractivity contribution in [1.82, 2.24) is 19.0 Å². The number of fused-ring (bicyclic) bond motifs is 1. The average molecular weight is 454 g/mol. The van der Waals surface area contributed by atoms with Crippen LogP contribution in [-0.4, -0.2) is 31.9 Å². The van der Waals surface area contributed by atoms with E-state index in [1.54, 1.807) is 0 Å². The predicted molar refractivity (Wildman–Crippen MR) is 102 cm³/mol. The van der Waals surface area contributed by atoms with Crippen molar-refractivity contribution in [2.24, 2.45) is 0 Å². The quantitative estimate of drug-likeness (QED) is 0.470. The van der Waals surface area contributed by atoms with Crippen LogP contribution in [0.4, 0.5) is 19.0 Å². The molecule has 0 spiro atoms. The van der Waals surface area contributed by atoms with E-state index in [9.17, 15) is 13.2 Å². The Bertz CT molecular complexity index is 946. The second-order valence-electron chi connectivity index (χ2n) is 5.98. The smallest absolute Gasteiger partial charge is 0.362 e. The summed E-state index contributed by atoms with van der Waals surface area (Å²) < 4.78 is 45.7. The van der Waals surface area contributed by atoms with E-state index >= 15 is 0 Å². The number of rotatable bonds is 8. The van der Waals surface area contributed by atoms with Crippen molar-refractivity contribution in [3.63, 3.8) is 0 Å². The van der Waals surface area contributed by atoms with Crippen molar-refractivity contribution in [1.29, 1.82) is 0 Å². The molecule has 0 fully saturated rings. The van der Waals surface area contributed by atoms with E-state index in [-0.39, 0.29) is 18.3 Å². The molecule has 0 saturated heterocycles. The van der Waals surface area contributed by atoms with Crippen LogP contribution < -0.4 is 5.32 Å². The van der Waals surface area contributed by atoms with Crippen molar-refractivity contribution < 1.29 is 17.9 Å². The lowest BCUT2D eigenvalue weighted by Gasteiger charge is -2.07. The minimum absolute atomic E-state index is 0.0234. The zero-order chi connectivity index (χ0) is 20.3. The Balaban J connectivity index is 1.77. The van der Waals surface area contributed by atoms with Gasteiger partial charge in [-0.15, -0.1) is 18.3 Å². The van der Waals surface area contributed by atoms with Gasteiger partial charge < -0.3 is 5.32 Å². The van der Waals surface area contributed by atoms with Gasteiger partial charge in [0.25, 0.3) is 0 Å². The van der Waals surface area contributed by atoms with E-state index < -0.39 is 6.36 Å². The first-order valence-electron chi connectivity index (χ1n) is 8.33. The maximum atomic E-state index is 12.0. The molecule has 3 heterocycles. The molecule has 3 aromatic heterocycles.